The van der Waals surface area contributed by atoms with Crippen LogP contribution in [0.15, 0.2) is 12.7 Å². The standard InChI is InChI=1S/C16H21NO3/c1-4-6-7-13(3)9-16-18-11-15(8-5-2,12-19-16)14(10-17)20-16/h1,5,13-14H,2,6-9,11-12H2,3H3. The van der Waals surface area contributed by atoms with Crippen molar-refractivity contribution in [2.75, 3.05) is 13.2 Å². The molecule has 3 saturated heterocycles. The van der Waals surface area contributed by atoms with Gasteiger partial charge in [-0.1, -0.05) is 13.0 Å². The van der Waals surface area contributed by atoms with E-state index in [1.807, 2.05) is 0 Å². The molecule has 2 bridgehead atoms. The zero-order valence-corrected chi connectivity index (χ0v) is 11.9. The third-order valence-corrected chi connectivity index (χ3v) is 4.06. The first kappa shape index (κ1) is 15.1. The Bertz CT molecular complexity index is 438. The minimum atomic E-state index is -1.07. The Balaban J connectivity index is 2.05. The average molecular weight is 275 g/mol. The van der Waals surface area contributed by atoms with E-state index in [4.69, 9.17) is 20.6 Å². The lowest BCUT2D eigenvalue weighted by Gasteiger charge is -2.54. The van der Waals surface area contributed by atoms with E-state index in [1.54, 1.807) is 6.08 Å². The first-order valence-electron chi connectivity index (χ1n) is 6.99. The number of ether oxygens (including phenoxy) is 3. The molecular weight excluding hydrogens is 254 g/mol. The summed E-state index contributed by atoms with van der Waals surface area (Å²) >= 11 is 0. The zero-order valence-electron chi connectivity index (χ0n) is 11.9. The predicted octanol–water partition coefficient (Wildman–Crippen LogP) is 2.61. The predicted molar refractivity (Wildman–Crippen MR) is 74.2 cm³/mol. The summed E-state index contributed by atoms with van der Waals surface area (Å²) in [6.07, 6.45) is 9.41. The van der Waals surface area contributed by atoms with Gasteiger partial charge in [0.15, 0.2) is 6.10 Å². The molecule has 3 aliphatic rings. The molecular formula is C16H21NO3. The van der Waals surface area contributed by atoms with Crippen LogP contribution in [0.3, 0.4) is 0 Å². The molecule has 0 aromatic rings. The number of fused-ring (bicyclic) bond motifs is 3. The van der Waals surface area contributed by atoms with Crippen molar-refractivity contribution in [1.29, 1.82) is 5.26 Å². The van der Waals surface area contributed by atoms with Gasteiger partial charge in [0, 0.05) is 12.8 Å². The summed E-state index contributed by atoms with van der Waals surface area (Å²) in [4.78, 5) is 0. The second-order valence-electron chi connectivity index (χ2n) is 5.79. The van der Waals surface area contributed by atoms with E-state index in [2.05, 4.69) is 25.5 Å². The highest BCUT2D eigenvalue weighted by atomic mass is 16.9. The Kier molecular flexibility index (Phi) is 4.50. The van der Waals surface area contributed by atoms with Crippen LogP contribution < -0.4 is 0 Å². The molecule has 0 amide bonds. The molecule has 20 heavy (non-hydrogen) atoms. The SMILES string of the molecule is C#CCCC(C)CC12OCC(CC=C)(CO1)C(C#N)O2. The van der Waals surface area contributed by atoms with E-state index >= 15 is 0 Å². The van der Waals surface area contributed by atoms with Gasteiger partial charge >= 0.3 is 0 Å². The fourth-order valence-corrected chi connectivity index (χ4v) is 2.81. The van der Waals surface area contributed by atoms with Crippen LogP contribution in [0.2, 0.25) is 0 Å². The summed E-state index contributed by atoms with van der Waals surface area (Å²) in [6.45, 7) is 6.77. The normalized spacial score (nSPS) is 36.9. The van der Waals surface area contributed by atoms with Crippen molar-refractivity contribution in [3.8, 4) is 18.4 Å². The highest BCUT2D eigenvalue weighted by Crippen LogP contribution is 2.47. The summed E-state index contributed by atoms with van der Waals surface area (Å²) in [6, 6.07) is 2.24. The molecule has 4 nitrogen and oxygen atoms in total. The number of nitrogens with zero attached hydrogens (tertiary/aromatic N) is 1. The molecule has 0 aliphatic carbocycles. The number of hydrogen-bond acceptors (Lipinski definition) is 4. The Morgan fingerprint density at radius 2 is 2.20 bits per heavy atom. The third-order valence-electron chi connectivity index (χ3n) is 4.06. The van der Waals surface area contributed by atoms with Gasteiger partial charge in [-0.05, 0) is 18.8 Å². The molecule has 0 saturated carbocycles. The van der Waals surface area contributed by atoms with Crippen LogP contribution in [-0.2, 0) is 14.2 Å². The molecule has 3 fully saturated rings. The first-order valence-corrected chi connectivity index (χ1v) is 6.99. The summed E-state index contributed by atoms with van der Waals surface area (Å²) in [7, 11) is 0. The Morgan fingerprint density at radius 3 is 2.75 bits per heavy atom. The highest BCUT2D eigenvalue weighted by molar-refractivity contribution is 5.07. The van der Waals surface area contributed by atoms with Crippen LogP contribution in [0.1, 0.15) is 32.6 Å². The molecule has 3 aliphatic heterocycles. The summed E-state index contributed by atoms with van der Waals surface area (Å²) < 4.78 is 17.4. The third kappa shape index (κ3) is 2.74. The molecule has 3 heterocycles. The number of rotatable bonds is 6. The van der Waals surface area contributed by atoms with E-state index in [-0.39, 0.29) is 0 Å². The first-order chi connectivity index (χ1) is 9.60. The van der Waals surface area contributed by atoms with Gasteiger partial charge in [0.2, 0.25) is 0 Å². The number of nitriles is 1. The average Bonchev–Trinajstić information content (AvgIpc) is 2.46. The maximum Gasteiger partial charge on any atom is 0.284 e. The topological polar surface area (TPSA) is 51.5 Å². The van der Waals surface area contributed by atoms with E-state index in [9.17, 15) is 5.26 Å². The van der Waals surface area contributed by atoms with E-state index in [1.165, 1.54) is 0 Å². The second kappa shape index (κ2) is 5.97. The van der Waals surface area contributed by atoms with E-state index in [0.717, 1.165) is 12.8 Å². The van der Waals surface area contributed by atoms with E-state index < -0.39 is 17.5 Å². The van der Waals surface area contributed by atoms with Gasteiger partial charge in [0.25, 0.3) is 5.97 Å². The molecule has 0 N–H and O–H groups in total. The van der Waals surface area contributed by atoms with Crippen LogP contribution in [0, 0.1) is 35.0 Å². The van der Waals surface area contributed by atoms with Crippen molar-refractivity contribution in [2.24, 2.45) is 11.3 Å². The largest absolute Gasteiger partial charge is 0.327 e. The molecule has 2 atom stereocenters. The Morgan fingerprint density at radius 1 is 1.50 bits per heavy atom. The second-order valence-corrected chi connectivity index (χ2v) is 5.79. The van der Waals surface area contributed by atoms with Crippen molar-refractivity contribution in [3.63, 3.8) is 0 Å². The number of hydrogen-bond donors (Lipinski definition) is 0. The lowest BCUT2D eigenvalue weighted by atomic mass is 9.78. The molecule has 0 aromatic heterocycles. The zero-order chi connectivity index (χ0) is 14.6. The molecule has 3 rings (SSSR count). The molecule has 0 spiro atoms. The summed E-state index contributed by atoms with van der Waals surface area (Å²) in [5, 5.41) is 9.35. The minimum Gasteiger partial charge on any atom is -0.327 e. The van der Waals surface area contributed by atoms with E-state index in [0.29, 0.717) is 32.0 Å². The molecule has 0 radical (unpaired) electrons. The van der Waals surface area contributed by atoms with Gasteiger partial charge in [-0.3, -0.25) is 0 Å². The monoisotopic (exact) mass is 275 g/mol. The smallest absolute Gasteiger partial charge is 0.284 e. The fourth-order valence-electron chi connectivity index (χ4n) is 2.81. The van der Waals surface area contributed by atoms with Gasteiger partial charge in [-0.15, -0.1) is 18.9 Å². The minimum absolute atomic E-state index is 0.315. The number of terminal acetylenes is 1. The summed E-state index contributed by atoms with van der Waals surface area (Å²) in [5.74, 6) is 1.88. The maximum atomic E-state index is 9.35. The molecule has 2 unspecified atom stereocenters. The van der Waals surface area contributed by atoms with Gasteiger partial charge in [0.05, 0.1) is 24.7 Å². The molecule has 0 aromatic carbocycles. The van der Waals surface area contributed by atoms with Crippen LogP contribution in [0.5, 0.6) is 0 Å². The van der Waals surface area contributed by atoms with Crippen molar-refractivity contribution in [3.05, 3.63) is 12.7 Å². The molecule has 108 valence electrons. The lowest BCUT2D eigenvalue weighted by Crippen LogP contribution is -2.64. The lowest BCUT2D eigenvalue weighted by molar-refractivity contribution is -0.484. The van der Waals surface area contributed by atoms with Crippen LogP contribution in [0.25, 0.3) is 0 Å². The van der Waals surface area contributed by atoms with Gasteiger partial charge in [0.1, 0.15) is 0 Å². The van der Waals surface area contributed by atoms with Crippen LogP contribution in [-0.4, -0.2) is 25.3 Å². The van der Waals surface area contributed by atoms with Gasteiger partial charge in [-0.2, -0.15) is 5.26 Å². The quantitative estimate of drug-likeness (QED) is 0.552. The van der Waals surface area contributed by atoms with Crippen molar-refractivity contribution in [1.82, 2.24) is 0 Å². The van der Waals surface area contributed by atoms with Crippen molar-refractivity contribution in [2.45, 2.75) is 44.7 Å². The van der Waals surface area contributed by atoms with Gasteiger partial charge in [-0.25, -0.2) is 0 Å². The van der Waals surface area contributed by atoms with Crippen LogP contribution >= 0.6 is 0 Å². The summed E-state index contributed by atoms with van der Waals surface area (Å²) in [5.41, 5.74) is -0.416. The Hall–Kier alpha value is -1.33. The van der Waals surface area contributed by atoms with Crippen molar-refractivity contribution >= 4 is 0 Å². The molecule has 4 heteroatoms. The Labute approximate surface area is 120 Å². The maximum absolute atomic E-state index is 9.35. The highest BCUT2D eigenvalue weighted by Gasteiger charge is 2.58. The van der Waals surface area contributed by atoms with Gasteiger partial charge < -0.3 is 14.2 Å². The van der Waals surface area contributed by atoms with Crippen molar-refractivity contribution < 1.29 is 14.2 Å². The fraction of sp³-hybridized carbons (Fsp3) is 0.688. The van der Waals surface area contributed by atoms with Crippen LogP contribution in [0.4, 0.5) is 0 Å². The number of allylic oxidation sites excluding steroid dienone is 1.